The summed E-state index contributed by atoms with van der Waals surface area (Å²) >= 11 is 0. The van der Waals surface area contributed by atoms with Gasteiger partial charge in [0.2, 0.25) is 0 Å². The third-order valence-corrected chi connectivity index (χ3v) is 2.12. The van der Waals surface area contributed by atoms with Crippen LogP contribution in [0.4, 0.5) is 5.69 Å². The van der Waals surface area contributed by atoms with Crippen molar-refractivity contribution in [3.05, 3.63) is 23.3 Å². The summed E-state index contributed by atoms with van der Waals surface area (Å²) in [5.74, 6) is 3.43. The molecule has 0 heterocycles. The topological polar surface area (TPSA) is 21.3 Å². The van der Waals surface area contributed by atoms with Crippen molar-refractivity contribution in [3.8, 4) is 18.1 Å². The maximum atomic E-state index is 5.23. The number of nitrogens with one attached hydrogen (secondary N) is 1. The lowest BCUT2D eigenvalue weighted by molar-refractivity contribution is 0.412. The molecule has 0 unspecified atom stereocenters. The van der Waals surface area contributed by atoms with Gasteiger partial charge in [-0.25, -0.2) is 0 Å². The van der Waals surface area contributed by atoms with Crippen molar-refractivity contribution in [2.75, 3.05) is 19.0 Å². The molecule has 0 aliphatic heterocycles. The van der Waals surface area contributed by atoms with Crippen LogP contribution in [-0.2, 0) is 0 Å². The van der Waals surface area contributed by atoms with Gasteiger partial charge in [-0.05, 0) is 25.0 Å². The number of hydrogen-bond acceptors (Lipinski definition) is 2. The zero-order valence-electron chi connectivity index (χ0n) is 8.85. The van der Waals surface area contributed by atoms with Crippen LogP contribution in [0.3, 0.4) is 0 Å². The van der Waals surface area contributed by atoms with Crippen LogP contribution in [0.25, 0.3) is 0 Å². The van der Waals surface area contributed by atoms with Crippen LogP contribution >= 0.6 is 0 Å². The van der Waals surface area contributed by atoms with Crippen molar-refractivity contribution in [2.24, 2.45) is 0 Å². The van der Waals surface area contributed by atoms with Gasteiger partial charge in [-0.3, -0.25) is 0 Å². The summed E-state index contributed by atoms with van der Waals surface area (Å²) in [5.41, 5.74) is 3.35. The lowest BCUT2D eigenvalue weighted by Crippen LogP contribution is -2.01. The molecule has 0 aromatic heterocycles. The summed E-state index contributed by atoms with van der Waals surface area (Å²) in [5, 5.41) is 3.15. The normalized spacial score (nSPS) is 9.29. The molecule has 1 rings (SSSR count). The molecule has 1 aromatic rings. The Morgan fingerprint density at radius 1 is 1.36 bits per heavy atom. The van der Waals surface area contributed by atoms with Crippen molar-refractivity contribution in [3.63, 3.8) is 0 Å². The summed E-state index contributed by atoms with van der Waals surface area (Å²) in [7, 11) is 1.67. The van der Waals surface area contributed by atoms with E-state index in [0.717, 1.165) is 17.0 Å². The summed E-state index contributed by atoms with van der Waals surface area (Å²) < 4.78 is 5.23. The van der Waals surface area contributed by atoms with E-state index in [1.807, 2.05) is 19.9 Å². The second kappa shape index (κ2) is 4.57. The smallest absolute Gasteiger partial charge is 0.123 e. The van der Waals surface area contributed by atoms with E-state index in [1.54, 1.807) is 7.11 Å². The Morgan fingerprint density at radius 3 is 2.64 bits per heavy atom. The Kier molecular flexibility index (Phi) is 3.41. The fourth-order valence-electron chi connectivity index (χ4n) is 1.39. The summed E-state index contributed by atoms with van der Waals surface area (Å²) in [4.78, 5) is 0. The van der Waals surface area contributed by atoms with Gasteiger partial charge in [0.15, 0.2) is 0 Å². The number of ether oxygens (including phenoxy) is 1. The van der Waals surface area contributed by atoms with Gasteiger partial charge in [0, 0.05) is 11.8 Å². The van der Waals surface area contributed by atoms with E-state index in [9.17, 15) is 0 Å². The average molecular weight is 189 g/mol. The second-order valence-corrected chi connectivity index (χ2v) is 3.19. The molecule has 0 spiro atoms. The van der Waals surface area contributed by atoms with Crippen LogP contribution in [-0.4, -0.2) is 13.7 Å². The molecular formula is C12H15NO. The fourth-order valence-corrected chi connectivity index (χ4v) is 1.39. The van der Waals surface area contributed by atoms with E-state index in [2.05, 4.69) is 17.3 Å². The van der Waals surface area contributed by atoms with Crippen molar-refractivity contribution < 1.29 is 4.74 Å². The molecule has 0 radical (unpaired) electrons. The summed E-state index contributed by atoms with van der Waals surface area (Å²) in [6.07, 6.45) is 5.18. The van der Waals surface area contributed by atoms with Crippen molar-refractivity contribution in [1.29, 1.82) is 0 Å². The number of rotatable bonds is 3. The van der Waals surface area contributed by atoms with E-state index in [0.29, 0.717) is 6.54 Å². The number of benzene rings is 1. The van der Waals surface area contributed by atoms with E-state index >= 15 is 0 Å². The van der Waals surface area contributed by atoms with Crippen LogP contribution in [0, 0.1) is 26.2 Å². The van der Waals surface area contributed by atoms with Crippen molar-refractivity contribution in [2.45, 2.75) is 13.8 Å². The van der Waals surface area contributed by atoms with Gasteiger partial charge in [-0.1, -0.05) is 12.0 Å². The Balaban J connectivity index is 2.99. The maximum absolute atomic E-state index is 5.23. The number of anilines is 1. The quantitative estimate of drug-likeness (QED) is 0.737. The van der Waals surface area contributed by atoms with Crippen molar-refractivity contribution in [1.82, 2.24) is 0 Å². The first-order chi connectivity index (χ1) is 6.69. The molecule has 74 valence electrons. The second-order valence-electron chi connectivity index (χ2n) is 3.19. The molecule has 0 aliphatic carbocycles. The molecule has 1 aromatic carbocycles. The highest BCUT2D eigenvalue weighted by atomic mass is 16.5. The maximum Gasteiger partial charge on any atom is 0.123 e. The SMILES string of the molecule is C#CCNc1cc(OC)c(C)cc1C. The molecule has 2 nitrogen and oxygen atoms in total. The number of terminal acetylenes is 1. The van der Waals surface area contributed by atoms with Gasteiger partial charge >= 0.3 is 0 Å². The van der Waals surface area contributed by atoms with E-state index < -0.39 is 0 Å². The fraction of sp³-hybridized carbons (Fsp3) is 0.333. The molecule has 0 saturated heterocycles. The number of methoxy groups -OCH3 is 1. The minimum Gasteiger partial charge on any atom is -0.496 e. The minimum absolute atomic E-state index is 0.535. The van der Waals surface area contributed by atoms with Gasteiger partial charge in [0.25, 0.3) is 0 Å². The lowest BCUT2D eigenvalue weighted by atomic mass is 10.1. The van der Waals surface area contributed by atoms with E-state index in [4.69, 9.17) is 11.2 Å². The Hall–Kier alpha value is -1.62. The van der Waals surface area contributed by atoms with Gasteiger partial charge in [0.1, 0.15) is 5.75 Å². The molecular weight excluding hydrogens is 174 g/mol. The first kappa shape index (κ1) is 10.5. The van der Waals surface area contributed by atoms with Crippen LogP contribution in [0.15, 0.2) is 12.1 Å². The Morgan fingerprint density at radius 2 is 2.07 bits per heavy atom. The molecule has 2 heteroatoms. The van der Waals surface area contributed by atoms with Crippen molar-refractivity contribution >= 4 is 5.69 Å². The van der Waals surface area contributed by atoms with Gasteiger partial charge < -0.3 is 10.1 Å². The standard InChI is InChI=1S/C12H15NO/c1-5-6-13-11-8-12(14-4)10(3)7-9(11)2/h1,7-8,13H,6H2,2-4H3. The molecule has 0 fully saturated rings. The molecule has 0 bridgehead atoms. The molecule has 1 N–H and O–H groups in total. The third kappa shape index (κ3) is 2.20. The highest BCUT2D eigenvalue weighted by molar-refractivity contribution is 5.57. The average Bonchev–Trinajstić information content (AvgIpc) is 2.17. The number of aryl methyl sites for hydroxylation is 2. The molecule has 0 amide bonds. The molecule has 0 aliphatic rings. The molecule has 0 saturated carbocycles. The Bertz CT molecular complexity index is 363. The summed E-state index contributed by atoms with van der Waals surface area (Å²) in [6.45, 7) is 4.61. The van der Waals surface area contributed by atoms with E-state index in [-0.39, 0.29) is 0 Å². The predicted molar refractivity (Wildman–Crippen MR) is 59.8 cm³/mol. The highest BCUT2D eigenvalue weighted by Gasteiger charge is 2.03. The number of hydrogen-bond donors (Lipinski definition) is 1. The highest BCUT2D eigenvalue weighted by Crippen LogP contribution is 2.25. The van der Waals surface area contributed by atoms with Gasteiger partial charge in [0.05, 0.1) is 13.7 Å². The first-order valence-electron chi connectivity index (χ1n) is 4.51. The van der Waals surface area contributed by atoms with E-state index in [1.165, 1.54) is 5.56 Å². The zero-order chi connectivity index (χ0) is 10.6. The molecule has 0 atom stereocenters. The monoisotopic (exact) mass is 189 g/mol. The van der Waals surface area contributed by atoms with Crippen LogP contribution in [0.2, 0.25) is 0 Å². The van der Waals surface area contributed by atoms with Crippen LogP contribution in [0.1, 0.15) is 11.1 Å². The Labute approximate surface area is 85.3 Å². The summed E-state index contributed by atoms with van der Waals surface area (Å²) in [6, 6.07) is 4.06. The minimum atomic E-state index is 0.535. The lowest BCUT2D eigenvalue weighted by Gasteiger charge is -2.11. The third-order valence-electron chi connectivity index (χ3n) is 2.12. The van der Waals surface area contributed by atoms with Gasteiger partial charge in [-0.15, -0.1) is 6.42 Å². The first-order valence-corrected chi connectivity index (χ1v) is 4.51. The predicted octanol–water partition coefficient (Wildman–Crippen LogP) is 2.36. The van der Waals surface area contributed by atoms with Crippen LogP contribution in [0.5, 0.6) is 5.75 Å². The van der Waals surface area contributed by atoms with Gasteiger partial charge in [-0.2, -0.15) is 0 Å². The zero-order valence-corrected chi connectivity index (χ0v) is 8.85. The van der Waals surface area contributed by atoms with Crippen LogP contribution < -0.4 is 10.1 Å². The largest absolute Gasteiger partial charge is 0.496 e. The molecule has 14 heavy (non-hydrogen) atoms.